The van der Waals surface area contributed by atoms with Crippen LogP contribution in [0, 0.1) is 0 Å². The number of carbonyl (C=O) groups is 3. The standard InChI is InChI=1S/C18H21F3N2O5/c1-11(15(24)23-17(26)22-13-5-3-2-4-6-13)27-16(25)12-7-9-14(10-8-12)28-18(19,20)21/h7-11,13H,2-6H2,1H3,(H2,22,23,24,26)/t11-/m1/s1. The Balaban J connectivity index is 1.81. The lowest BCUT2D eigenvalue weighted by atomic mass is 9.96. The van der Waals surface area contributed by atoms with E-state index in [0.717, 1.165) is 56.4 Å². The maximum absolute atomic E-state index is 12.1. The van der Waals surface area contributed by atoms with Crippen molar-refractivity contribution >= 4 is 17.9 Å². The maximum atomic E-state index is 12.1. The molecule has 1 aromatic carbocycles. The number of ether oxygens (including phenoxy) is 2. The highest BCUT2D eigenvalue weighted by molar-refractivity contribution is 5.98. The zero-order chi connectivity index (χ0) is 20.7. The Hall–Kier alpha value is -2.78. The first kappa shape index (κ1) is 21.5. The Morgan fingerprint density at radius 2 is 1.68 bits per heavy atom. The smallest absolute Gasteiger partial charge is 0.449 e. The fourth-order valence-electron chi connectivity index (χ4n) is 2.76. The highest BCUT2D eigenvalue weighted by Crippen LogP contribution is 2.23. The van der Waals surface area contributed by atoms with Gasteiger partial charge in [0.05, 0.1) is 5.56 Å². The predicted molar refractivity (Wildman–Crippen MR) is 91.5 cm³/mol. The number of rotatable bonds is 5. The van der Waals surface area contributed by atoms with Crippen molar-refractivity contribution in [3.05, 3.63) is 29.8 Å². The average molecular weight is 402 g/mol. The third-order valence-electron chi connectivity index (χ3n) is 4.15. The van der Waals surface area contributed by atoms with Gasteiger partial charge in [0.25, 0.3) is 5.91 Å². The van der Waals surface area contributed by atoms with Crippen LogP contribution in [0.1, 0.15) is 49.4 Å². The topological polar surface area (TPSA) is 93.7 Å². The summed E-state index contributed by atoms with van der Waals surface area (Å²) >= 11 is 0. The molecular formula is C18H21F3N2O5. The number of nitrogens with one attached hydrogen (secondary N) is 2. The maximum Gasteiger partial charge on any atom is 0.573 e. The van der Waals surface area contributed by atoms with E-state index < -0.39 is 36.1 Å². The minimum atomic E-state index is -4.84. The number of halogens is 3. The second-order valence-corrected chi connectivity index (χ2v) is 6.42. The van der Waals surface area contributed by atoms with Gasteiger partial charge in [0, 0.05) is 6.04 Å². The summed E-state index contributed by atoms with van der Waals surface area (Å²) in [6.07, 6.45) is -1.27. The minimum Gasteiger partial charge on any atom is -0.449 e. The van der Waals surface area contributed by atoms with E-state index in [0.29, 0.717) is 0 Å². The van der Waals surface area contributed by atoms with Crippen molar-refractivity contribution in [1.29, 1.82) is 0 Å². The van der Waals surface area contributed by atoms with Gasteiger partial charge in [-0.1, -0.05) is 19.3 Å². The van der Waals surface area contributed by atoms with Gasteiger partial charge >= 0.3 is 18.4 Å². The van der Waals surface area contributed by atoms with E-state index in [1.54, 1.807) is 0 Å². The van der Waals surface area contributed by atoms with E-state index in [4.69, 9.17) is 4.74 Å². The van der Waals surface area contributed by atoms with Crippen LogP contribution in [-0.4, -0.2) is 36.4 Å². The summed E-state index contributed by atoms with van der Waals surface area (Å²) in [6.45, 7) is 1.28. The van der Waals surface area contributed by atoms with Crippen LogP contribution in [0.15, 0.2) is 24.3 Å². The molecule has 0 spiro atoms. The van der Waals surface area contributed by atoms with Gasteiger partial charge in [0.2, 0.25) is 0 Å². The van der Waals surface area contributed by atoms with Crippen LogP contribution >= 0.6 is 0 Å². The molecule has 7 nitrogen and oxygen atoms in total. The molecule has 0 aliphatic heterocycles. The lowest BCUT2D eigenvalue weighted by Gasteiger charge is -2.23. The Morgan fingerprint density at radius 3 is 2.25 bits per heavy atom. The highest BCUT2D eigenvalue weighted by Gasteiger charge is 2.31. The molecule has 1 atom stereocenters. The number of hydrogen-bond donors (Lipinski definition) is 2. The Labute approximate surface area is 159 Å². The summed E-state index contributed by atoms with van der Waals surface area (Å²) in [7, 11) is 0. The molecule has 2 rings (SSSR count). The Kier molecular flexibility index (Phi) is 7.24. The molecular weight excluding hydrogens is 381 g/mol. The molecule has 0 heterocycles. The van der Waals surface area contributed by atoms with Gasteiger partial charge in [0.15, 0.2) is 6.10 Å². The molecule has 28 heavy (non-hydrogen) atoms. The average Bonchev–Trinajstić information content (AvgIpc) is 2.61. The van der Waals surface area contributed by atoms with Gasteiger partial charge in [-0.15, -0.1) is 13.2 Å². The normalized spacial score (nSPS) is 16.0. The van der Waals surface area contributed by atoms with E-state index in [1.807, 2.05) is 0 Å². The van der Waals surface area contributed by atoms with Gasteiger partial charge in [-0.2, -0.15) is 0 Å². The van der Waals surface area contributed by atoms with Crippen LogP contribution < -0.4 is 15.4 Å². The lowest BCUT2D eigenvalue weighted by molar-refractivity contribution is -0.274. The van der Waals surface area contributed by atoms with Crippen LogP contribution in [0.2, 0.25) is 0 Å². The zero-order valence-electron chi connectivity index (χ0n) is 15.2. The van der Waals surface area contributed by atoms with Gasteiger partial charge in [-0.05, 0) is 44.0 Å². The molecule has 1 aliphatic carbocycles. The third-order valence-corrected chi connectivity index (χ3v) is 4.15. The van der Waals surface area contributed by atoms with Gasteiger partial charge < -0.3 is 14.8 Å². The molecule has 1 aromatic rings. The molecule has 1 fully saturated rings. The molecule has 1 aliphatic rings. The number of esters is 1. The van der Waals surface area contributed by atoms with Crippen LogP contribution in [-0.2, 0) is 9.53 Å². The fourth-order valence-corrected chi connectivity index (χ4v) is 2.76. The van der Waals surface area contributed by atoms with E-state index >= 15 is 0 Å². The van der Waals surface area contributed by atoms with E-state index in [2.05, 4.69) is 15.4 Å². The number of alkyl halides is 3. The van der Waals surface area contributed by atoms with Gasteiger partial charge in [-0.25, -0.2) is 9.59 Å². The molecule has 1 saturated carbocycles. The van der Waals surface area contributed by atoms with Gasteiger partial charge in [0.1, 0.15) is 5.75 Å². The highest BCUT2D eigenvalue weighted by atomic mass is 19.4. The van der Waals surface area contributed by atoms with Crippen LogP contribution in [0.5, 0.6) is 5.75 Å². The van der Waals surface area contributed by atoms with Gasteiger partial charge in [-0.3, -0.25) is 10.1 Å². The quantitative estimate of drug-likeness (QED) is 0.738. The summed E-state index contributed by atoms with van der Waals surface area (Å²) < 4.78 is 45.0. The van der Waals surface area contributed by atoms with Crippen molar-refractivity contribution in [2.75, 3.05) is 0 Å². The first-order valence-corrected chi connectivity index (χ1v) is 8.82. The summed E-state index contributed by atoms with van der Waals surface area (Å²) in [5.41, 5.74) is -0.0687. The number of carbonyl (C=O) groups excluding carboxylic acids is 3. The fraction of sp³-hybridized carbons (Fsp3) is 0.500. The van der Waals surface area contributed by atoms with Crippen molar-refractivity contribution in [2.45, 2.75) is 57.5 Å². The molecule has 0 unspecified atom stereocenters. The van der Waals surface area contributed by atoms with E-state index in [1.165, 1.54) is 6.92 Å². The molecule has 10 heteroatoms. The summed E-state index contributed by atoms with van der Waals surface area (Å²) in [6, 6.07) is 3.40. The second-order valence-electron chi connectivity index (χ2n) is 6.42. The van der Waals surface area contributed by atoms with Crippen molar-refractivity contribution in [3.63, 3.8) is 0 Å². The molecule has 2 N–H and O–H groups in total. The number of benzene rings is 1. The Bertz CT molecular complexity index is 700. The van der Waals surface area contributed by atoms with Crippen molar-refractivity contribution in [1.82, 2.24) is 10.6 Å². The molecule has 0 aromatic heterocycles. The molecule has 0 saturated heterocycles. The van der Waals surface area contributed by atoms with E-state index in [-0.39, 0.29) is 11.6 Å². The van der Waals surface area contributed by atoms with Crippen LogP contribution in [0.4, 0.5) is 18.0 Å². The molecule has 3 amide bonds. The first-order chi connectivity index (χ1) is 13.1. The number of amides is 3. The molecule has 0 bridgehead atoms. The van der Waals surface area contributed by atoms with Crippen LogP contribution in [0.25, 0.3) is 0 Å². The monoisotopic (exact) mass is 402 g/mol. The third kappa shape index (κ3) is 7.09. The first-order valence-electron chi connectivity index (χ1n) is 8.82. The van der Waals surface area contributed by atoms with E-state index in [9.17, 15) is 27.6 Å². The van der Waals surface area contributed by atoms with Crippen molar-refractivity contribution in [2.24, 2.45) is 0 Å². The number of imide groups is 1. The lowest BCUT2D eigenvalue weighted by Crippen LogP contribution is -2.48. The van der Waals surface area contributed by atoms with Crippen molar-refractivity contribution < 1.29 is 37.0 Å². The Morgan fingerprint density at radius 1 is 1.07 bits per heavy atom. The zero-order valence-corrected chi connectivity index (χ0v) is 15.2. The summed E-state index contributed by atoms with van der Waals surface area (Å²) in [5, 5.41) is 4.80. The second kappa shape index (κ2) is 9.43. The SMILES string of the molecule is C[C@@H](OC(=O)c1ccc(OC(F)(F)F)cc1)C(=O)NC(=O)NC1CCCCC1. The largest absolute Gasteiger partial charge is 0.573 e. The number of urea groups is 1. The van der Waals surface area contributed by atoms with Crippen molar-refractivity contribution in [3.8, 4) is 5.75 Å². The van der Waals surface area contributed by atoms with Crippen LogP contribution in [0.3, 0.4) is 0 Å². The number of hydrogen-bond acceptors (Lipinski definition) is 5. The summed E-state index contributed by atoms with van der Waals surface area (Å²) in [5.74, 6) is -2.22. The molecule has 154 valence electrons. The summed E-state index contributed by atoms with van der Waals surface area (Å²) in [4.78, 5) is 35.8. The molecule has 0 radical (unpaired) electrons. The minimum absolute atomic E-state index is 0.0110. The predicted octanol–water partition coefficient (Wildman–Crippen LogP) is 3.29.